The SMILES string of the molecule is CSc1ccc(NC(C)C(=O)NC(N)=O)cc1. The van der Waals surface area contributed by atoms with E-state index in [1.165, 1.54) is 0 Å². The van der Waals surface area contributed by atoms with Gasteiger partial charge in [0.2, 0.25) is 5.91 Å². The number of anilines is 1. The number of primary amides is 1. The third-order valence-corrected chi connectivity index (χ3v) is 2.86. The van der Waals surface area contributed by atoms with E-state index in [-0.39, 0.29) is 0 Å². The summed E-state index contributed by atoms with van der Waals surface area (Å²) in [4.78, 5) is 23.1. The quantitative estimate of drug-likeness (QED) is 0.708. The highest BCUT2D eigenvalue weighted by atomic mass is 32.2. The van der Waals surface area contributed by atoms with Crippen LogP contribution < -0.4 is 16.4 Å². The van der Waals surface area contributed by atoms with Gasteiger partial charge in [0, 0.05) is 10.6 Å². The van der Waals surface area contributed by atoms with Gasteiger partial charge in [-0.25, -0.2) is 4.79 Å². The van der Waals surface area contributed by atoms with Gasteiger partial charge in [-0.3, -0.25) is 10.1 Å². The molecule has 17 heavy (non-hydrogen) atoms. The maximum Gasteiger partial charge on any atom is 0.318 e. The van der Waals surface area contributed by atoms with Gasteiger partial charge in [-0.15, -0.1) is 11.8 Å². The van der Waals surface area contributed by atoms with Crippen LogP contribution in [0.15, 0.2) is 29.2 Å². The van der Waals surface area contributed by atoms with Crippen molar-refractivity contribution >= 4 is 29.4 Å². The summed E-state index contributed by atoms with van der Waals surface area (Å²) in [6, 6.07) is 6.28. The Kier molecular flexibility index (Phi) is 4.84. The Balaban J connectivity index is 2.57. The fraction of sp³-hybridized carbons (Fsp3) is 0.273. The summed E-state index contributed by atoms with van der Waals surface area (Å²) in [7, 11) is 0. The molecule has 0 saturated heterocycles. The first-order chi connectivity index (χ1) is 8.02. The van der Waals surface area contributed by atoms with Gasteiger partial charge in [0.1, 0.15) is 6.04 Å². The maximum atomic E-state index is 11.4. The van der Waals surface area contributed by atoms with E-state index in [0.717, 1.165) is 10.6 Å². The van der Waals surface area contributed by atoms with E-state index in [0.29, 0.717) is 0 Å². The van der Waals surface area contributed by atoms with Gasteiger partial charge in [-0.2, -0.15) is 0 Å². The summed E-state index contributed by atoms with van der Waals surface area (Å²) in [6.07, 6.45) is 1.99. The van der Waals surface area contributed by atoms with Gasteiger partial charge < -0.3 is 11.1 Å². The number of imide groups is 1. The van der Waals surface area contributed by atoms with E-state index in [9.17, 15) is 9.59 Å². The van der Waals surface area contributed by atoms with Crippen LogP contribution in [-0.4, -0.2) is 24.2 Å². The smallest absolute Gasteiger partial charge is 0.318 e. The fourth-order valence-electron chi connectivity index (χ4n) is 1.23. The van der Waals surface area contributed by atoms with Crippen LogP contribution >= 0.6 is 11.8 Å². The van der Waals surface area contributed by atoms with E-state index in [1.54, 1.807) is 18.7 Å². The Hall–Kier alpha value is -1.69. The summed E-state index contributed by atoms with van der Waals surface area (Å²) < 4.78 is 0. The zero-order chi connectivity index (χ0) is 12.8. The molecule has 0 radical (unpaired) electrons. The number of hydrogen-bond donors (Lipinski definition) is 3. The van der Waals surface area contributed by atoms with Gasteiger partial charge in [0.15, 0.2) is 0 Å². The Morgan fingerprint density at radius 3 is 2.35 bits per heavy atom. The number of thioether (sulfide) groups is 1. The summed E-state index contributed by atoms with van der Waals surface area (Å²) in [6.45, 7) is 1.65. The molecule has 0 aromatic heterocycles. The lowest BCUT2D eigenvalue weighted by Gasteiger charge is -2.14. The molecule has 0 aliphatic rings. The summed E-state index contributed by atoms with van der Waals surface area (Å²) in [5.74, 6) is -0.452. The zero-order valence-corrected chi connectivity index (χ0v) is 10.5. The second-order valence-corrected chi connectivity index (χ2v) is 4.33. The van der Waals surface area contributed by atoms with Crippen LogP contribution in [0.25, 0.3) is 0 Å². The Morgan fingerprint density at radius 1 is 1.29 bits per heavy atom. The van der Waals surface area contributed by atoms with E-state index in [4.69, 9.17) is 5.73 Å². The zero-order valence-electron chi connectivity index (χ0n) is 9.69. The first-order valence-corrected chi connectivity index (χ1v) is 6.26. The van der Waals surface area contributed by atoms with Crippen molar-refractivity contribution in [2.24, 2.45) is 5.73 Å². The van der Waals surface area contributed by atoms with E-state index in [2.05, 4.69) is 5.32 Å². The lowest BCUT2D eigenvalue weighted by molar-refractivity contribution is -0.120. The molecule has 92 valence electrons. The minimum Gasteiger partial charge on any atom is -0.374 e. The van der Waals surface area contributed by atoms with E-state index < -0.39 is 18.0 Å². The first-order valence-electron chi connectivity index (χ1n) is 5.04. The van der Waals surface area contributed by atoms with Crippen molar-refractivity contribution in [2.75, 3.05) is 11.6 Å². The van der Waals surface area contributed by atoms with Crippen molar-refractivity contribution < 1.29 is 9.59 Å². The number of amides is 3. The fourth-order valence-corrected chi connectivity index (χ4v) is 1.64. The lowest BCUT2D eigenvalue weighted by Crippen LogP contribution is -2.43. The molecule has 1 aromatic rings. The molecule has 6 heteroatoms. The minimum absolute atomic E-state index is 0.452. The molecule has 0 bridgehead atoms. The van der Waals surface area contributed by atoms with Crippen molar-refractivity contribution in [1.29, 1.82) is 0 Å². The Morgan fingerprint density at radius 2 is 1.88 bits per heavy atom. The lowest BCUT2D eigenvalue weighted by atomic mass is 10.2. The molecule has 0 spiro atoms. The molecule has 4 N–H and O–H groups in total. The van der Waals surface area contributed by atoms with Crippen LogP contribution in [0.3, 0.4) is 0 Å². The molecule has 0 saturated carbocycles. The van der Waals surface area contributed by atoms with Gasteiger partial charge in [-0.05, 0) is 37.4 Å². The third kappa shape index (κ3) is 4.36. The van der Waals surface area contributed by atoms with Crippen molar-refractivity contribution in [3.8, 4) is 0 Å². The summed E-state index contributed by atoms with van der Waals surface area (Å²) in [5.41, 5.74) is 5.68. The number of urea groups is 1. The van der Waals surface area contributed by atoms with E-state index >= 15 is 0 Å². The van der Waals surface area contributed by atoms with Crippen LogP contribution in [0.2, 0.25) is 0 Å². The first kappa shape index (κ1) is 13.4. The van der Waals surface area contributed by atoms with Crippen LogP contribution in [0.1, 0.15) is 6.92 Å². The number of carbonyl (C=O) groups excluding carboxylic acids is 2. The summed E-state index contributed by atoms with van der Waals surface area (Å²) in [5, 5.41) is 4.99. The predicted molar refractivity (Wildman–Crippen MR) is 69.0 cm³/mol. The molecular weight excluding hydrogens is 238 g/mol. The molecule has 5 nitrogen and oxygen atoms in total. The molecule has 1 unspecified atom stereocenters. The van der Waals surface area contributed by atoms with Gasteiger partial charge >= 0.3 is 6.03 Å². The number of nitrogens with two attached hydrogens (primary N) is 1. The molecule has 0 aliphatic carbocycles. The predicted octanol–water partition coefficient (Wildman–Crippen LogP) is 1.40. The molecule has 1 rings (SSSR count). The molecule has 1 aromatic carbocycles. The van der Waals surface area contributed by atoms with Gasteiger partial charge in [0.25, 0.3) is 0 Å². The second-order valence-electron chi connectivity index (χ2n) is 3.45. The molecule has 0 fully saturated rings. The molecular formula is C11H15N3O2S. The topological polar surface area (TPSA) is 84.2 Å². The number of carbonyl (C=O) groups is 2. The van der Waals surface area contributed by atoms with Crippen molar-refractivity contribution in [3.63, 3.8) is 0 Å². The second kappa shape index (κ2) is 6.15. The molecule has 0 heterocycles. The van der Waals surface area contributed by atoms with Crippen LogP contribution in [0, 0.1) is 0 Å². The maximum absolute atomic E-state index is 11.4. The highest BCUT2D eigenvalue weighted by Gasteiger charge is 2.13. The number of hydrogen-bond acceptors (Lipinski definition) is 4. The average molecular weight is 253 g/mol. The van der Waals surface area contributed by atoms with Crippen LogP contribution in [0.5, 0.6) is 0 Å². The number of benzene rings is 1. The highest BCUT2D eigenvalue weighted by Crippen LogP contribution is 2.17. The third-order valence-electron chi connectivity index (χ3n) is 2.11. The van der Waals surface area contributed by atoms with Gasteiger partial charge in [0.05, 0.1) is 0 Å². The monoisotopic (exact) mass is 253 g/mol. The number of rotatable bonds is 4. The summed E-state index contributed by atoms with van der Waals surface area (Å²) >= 11 is 1.64. The molecule has 3 amide bonds. The van der Waals surface area contributed by atoms with Crippen molar-refractivity contribution in [1.82, 2.24) is 5.32 Å². The average Bonchev–Trinajstić information content (AvgIpc) is 2.29. The van der Waals surface area contributed by atoms with E-state index in [1.807, 2.05) is 35.8 Å². The minimum atomic E-state index is -0.846. The standard InChI is InChI=1S/C11H15N3O2S/c1-7(10(15)14-11(12)16)13-8-3-5-9(17-2)6-4-8/h3-7,13H,1-2H3,(H3,12,14,15,16). The van der Waals surface area contributed by atoms with Gasteiger partial charge in [-0.1, -0.05) is 0 Å². The van der Waals surface area contributed by atoms with Crippen molar-refractivity contribution in [3.05, 3.63) is 24.3 Å². The largest absolute Gasteiger partial charge is 0.374 e. The van der Waals surface area contributed by atoms with Crippen LogP contribution in [0.4, 0.5) is 10.5 Å². The normalized spacial score (nSPS) is 11.6. The highest BCUT2D eigenvalue weighted by molar-refractivity contribution is 7.98. The van der Waals surface area contributed by atoms with Crippen LogP contribution in [-0.2, 0) is 4.79 Å². The molecule has 1 atom stereocenters. The number of nitrogens with one attached hydrogen (secondary N) is 2. The Labute approximate surface area is 104 Å². The Bertz CT molecular complexity index is 406. The van der Waals surface area contributed by atoms with Crippen molar-refractivity contribution in [2.45, 2.75) is 17.9 Å². The molecule has 0 aliphatic heterocycles.